The van der Waals surface area contributed by atoms with Crippen molar-refractivity contribution in [1.29, 1.82) is 0 Å². The van der Waals surface area contributed by atoms with E-state index in [0.717, 1.165) is 35.9 Å². The van der Waals surface area contributed by atoms with Crippen LogP contribution in [0.2, 0.25) is 0 Å². The van der Waals surface area contributed by atoms with Crippen LogP contribution >= 0.6 is 0 Å². The lowest BCUT2D eigenvalue weighted by atomic mass is 9.92. The first-order chi connectivity index (χ1) is 15.3. The molecule has 2 aromatic heterocycles. The second-order valence-electron chi connectivity index (χ2n) is 8.22. The van der Waals surface area contributed by atoms with Gasteiger partial charge in [-0.1, -0.05) is 24.3 Å². The molecule has 1 amide bonds. The number of piperidine rings is 1. The molecular weight excluding hydrogens is 415 g/mol. The highest BCUT2D eigenvalue weighted by molar-refractivity contribution is 5.92. The van der Waals surface area contributed by atoms with Crippen LogP contribution in [0.3, 0.4) is 0 Å². The molecule has 0 N–H and O–H groups in total. The van der Waals surface area contributed by atoms with Crippen LogP contribution < -0.4 is 0 Å². The number of carbonyl (C=O) groups is 1. The van der Waals surface area contributed by atoms with Crippen LogP contribution in [0.5, 0.6) is 0 Å². The van der Waals surface area contributed by atoms with Crippen molar-refractivity contribution in [3.8, 4) is 0 Å². The Bertz CT molecular complexity index is 1100. The fourth-order valence-corrected chi connectivity index (χ4v) is 4.23. The van der Waals surface area contributed by atoms with E-state index < -0.39 is 11.7 Å². The van der Waals surface area contributed by atoms with E-state index in [1.165, 1.54) is 12.1 Å². The van der Waals surface area contributed by atoms with Gasteiger partial charge >= 0.3 is 6.18 Å². The summed E-state index contributed by atoms with van der Waals surface area (Å²) >= 11 is 0. The van der Waals surface area contributed by atoms with E-state index in [2.05, 4.69) is 9.97 Å². The number of hydrogen-bond donors (Lipinski definition) is 0. The molecule has 1 aromatic carbocycles. The van der Waals surface area contributed by atoms with Crippen molar-refractivity contribution in [3.63, 3.8) is 0 Å². The number of nitrogens with zero attached hydrogens (tertiary/aromatic N) is 3. The maximum Gasteiger partial charge on any atom is 0.416 e. The normalized spacial score (nSPS) is 16.8. The molecule has 3 aromatic rings. The predicted octanol–water partition coefficient (Wildman–Crippen LogP) is 5.41. The van der Waals surface area contributed by atoms with Crippen molar-refractivity contribution in [1.82, 2.24) is 14.9 Å². The third-order valence-electron chi connectivity index (χ3n) is 5.71. The zero-order valence-corrected chi connectivity index (χ0v) is 17.8. The van der Waals surface area contributed by atoms with Gasteiger partial charge in [-0.25, -0.2) is 0 Å². The smallest absolute Gasteiger partial charge is 0.337 e. The number of alkyl halides is 3. The standard InChI is InChI=1S/C25H24F3N3O/c1-17-12-19(13-18-6-4-8-21(14-18)25(26,27)28)15-23(30-17)20-7-5-11-31(16-20)24(32)22-9-2-3-10-29-22/h2-4,6,8-10,12,14-15,20H,5,7,11,13,16H2,1H3/t20-/m1/s1. The number of aromatic nitrogens is 2. The van der Waals surface area contributed by atoms with Gasteiger partial charge in [0, 0.05) is 36.6 Å². The van der Waals surface area contributed by atoms with Gasteiger partial charge in [0.05, 0.1) is 5.56 Å². The number of likely N-dealkylation sites (tertiary alicyclic amines) is 1. The fraction of sp³-hybridized carbons (Fsp3) is 0.320. The Kier molecular flexibility index (Phi) is 6.26. The number of benzene rings is 1. The molecule has 1 atom stereocenters. The highest BCUT2D eigenvalue weighted by Crippen LogP contribution is 2.31. The highest BCUT2D eigenvalue weighted by atomic mass is 19.4. The van der Waals surface area contributed by atoms with Crippen molar-refractivity contribution >= 4 is 5.91 Å². The van der Waals surface area contributed by atoms with Crippen molar-refractivity contribution in [3.05, 3.63) is 94.6 Å². The van der Waals surface area contributed by atoms with Crippen LogP contribution in [0.25, 0.3) is 0 Å². The Balaban J connectivity index is 1.53. The predicted molar refractivity (Wildman–Crippen MR) is 115 cm³/mol. The summed E-state index contributed by atoms with van der Waals surface area (Å²) < 4.78 is 39.2. The number of carbonyl (C=O) groups excluding carboxylic acids is 1. The van der Waals surface area contributed by atoms with Gasteiger partial charge in [-0.2, -0.15) is 13.2 Å². The molecule has 1 aliphatic rings. The fourth-order valence-electron chi connectivity index (χ4n) is 4.23. The van der Waals surface area contributed by atoms with Crippen LogP contribution in [-0.4, -0.2) is 33.9 Å². The van der Waals surface area contributed by atoms with Crippen LogP contribution in [-0.2, 0) is 12.6 Å². The van der Waals surface area contributed by atoms with Gasteiger partial charge in [0.25, 0.3) is 5.91 Å². The van der Waals surface area contributed by atoms with Gasteiger partial charge in [0.1, 0.15) is 5.69 Å². The molecule has 0 aliphatic carbocycles. The van der Waals surface area contributed by atoms with E-state index in [4.69, 9.17) is 0 Å². The summed E-state index contributed by atoms with van der Waals surface area (Å²) in [5.41, 5.74) is 3.00. The monoisotopic (exact) mass is 439 g/mol. The first-order valence-electron chi connectivity index (χ1n) is 10.6. The lowest BCUT2D eigenvalue weighted by Gasteiger charge is -2.32. The minimum atomic E-state index is -4.36. The van der Waals surface area contributed by atoms with Crippen LogP contribution in [0.1, 0.15) is 57.3 Å². The molecule has 4 nitrogen and oxygen atoms in total. The van der Waals surface area contributed by atoms with Gasteiger partial charge in [-0.3, -0.25) is 14.8 Å². The highest BCUT2D eigenvalue weighted by Gasteiger charge is 2.30. The average molecular weight is 439 g/mol. The third kappa shape index (κ3) is 5.15. The molecule has 1 fully saturated rings. The number of pyridine rings is 2. The number of amides is 1. The van der Waals surface area contributed by atoms with Gasteiger partial charge in [-0.05, 0) is 67.6 Å². The quantitative estimate of drug-likeness (QED) is 0.546. The zero-order valence-electron chi connectivity index (χ0n) is 17.8. The van der Waals surface area contributed by atoms with Crippen molar-refractivity contribution in [2.75, 3.05) is 13.1 Å². The summed E-state index contributed by atoms with van der Waals surface area (Å²) in [5, 5.41) is 0. The molecule has 7 heteroatoms. The molecule has 1 saturated heterocycles. The van der Waals surface area contributed by atoms with Crippen LogP contribution in [0, 0.1) is 6.92 Å². The van der Waals surface area contributed by atoms with E-state index >= 15 is 0 Å². The maximum atomic E-state index is 13.1. The van der Waals surface area contributed by atoms with E-state index in [-0.39, 0.29) is 11.8 Å². The van der Waals surface area contributed by atoms with Crippen molar-refractivity contribution < 1.29 is 18.0 Å². The Morgan fingerprint density at radius 2 is 1.94 bits per heavy atom. The molecule has 166 valence electrons. The minimum Gasteiger partial charge on any atom is -0.337 e. The Morgan fingerprint density at radius 1 is 1.09 bits per heavy atom. The number of aryl methyl sites for hydroxylation is 1. The number of rotatable bonds is 4. The Morgan fingerprint density at radius 3 is 2.69 bits per heavy atom. The molecule has 0 radical (unpaired) electrons. The third-order valence-corrected chi connectivity index (χ3v) is 5.71. The SMILES string of the molecule is Cc1cc(Cc2cccc(C(F)(F)F)c2)cc([C@@H]2CCCN(C(=O)c3ccccn3)C2)n1. The second-order valence-corrected chi connectivity index (χ2v) is 8.22. The Labute approximate surface area is 185 Å². The van der Waals surface area contributed by atoms with E-state index in [1.54, 1.807) is 30.5 Å². The molecular formula is C25H24F3N3O. The summed E-state index contributed by atoms with van der Waals surface area (Å²) in [6.45, 7) is 3.11. The molecule has 4 rings (SSSR count). The van der Waals surface area contributed by atoms with E-state index in [9.17, 15) is 18.0 Å². The second kappa shape index (κ2) is 9.10. The van der Waals surface area contributed by atoms with Gasteiger partial charge in [0.15, 0.2) is 0 Å². The van der Waals surface area contributed by atoms with Crippen LogP contribution in [0.4, 0.5) is 13.2 Å². The largest absolute Gasteiger partial charge is 0.416 e. The Hall–Kier alpha value is -3.22. The van der Waals surface area contributed by atoms with Gasteiger partial charge < -0.3 is 4.90 Å². The lowest BCUT2D eigenvalue weighted by Crippen LogP contribution is -2.39. The molecule has 0 saturated carbocycles. The first kappa shape index (κ1) is 22.0. The molecule has 32 heavy (non-hydrogen) atoms. The van der Waals surface area contributed by atoms with E-state index in [0.29, 0.717) is 30.8 Å². The van der Waals surface area contributed by atoms with Crippen LogP contribution in [0.15, 0.2) is 60.8 Å². The van der Waals surface area contributed by atoms with Gasteiger partial charge in [-0.15, -0.1) is 0 Å². The first-order valence-corrected chi connectivity index (χ1v) is 10.6. The maximum absolute atomic E-state index is 13.1. The topological polar surface area (TPSA) is 46.1 Å². The summed E-state index contributed by atoms with van der Waals surface area (Å²) in [5.74, 6) is -0.0105. The summed E-state index contributed by atoms with van der Waals surface area (Å²) in [6, 6.07) is 14.6. The zero-order chi connectivity index (χ0) is 22.7. The number of halogens is 3. The van der Waals surface area contributed by atoms with Gasteiger partial charge in [0.2, 0.25) is 0 Å². The average Bonchev–Trinajstić information content (AvgIpc) is 2.78. The lowest BCUT2D eigenvalue weighted by molar-refractivity contribution is -0.137. The molecule has 3 heterocycles. The van der Waals surface area contributed by atoms with Crippen molar-refractivity contribution in [2.45, 2.75) is 38.3 Å². The number of hydrogen-bond acceptors (Lipinski definition) is 3. The van der Waals surface area contributed by atoms with E-state index in [1.807, 2.05) is 24.0 Å². The summed E-state index contributed by atoms with van der Waals surface area (Å²) in [4.78, 5) is 23.5. The molecule has 0 unspecified atom stereocenters. The minimum absolute atomic E-state index is 0.0802. The van der Waals surface area contributed by atoms with Crippen molar-refractivity contribution in [2.24, 2.45) is 0 Å². The molecule has 1 aliphatic heterocycles. The summed E-state index contributed by atoms with van der Waals surface area (Å²) in [7, 11) is 0. The molecule has 0 bridgehead atoms. The molecule has 0 spiro atoms. The summed E-state index contributed by atoms with van der Waals surface area (Å²) in [6.07, 6.45) is -0.589.